The van der Waals surface area contributed by atoms with Crippen LogP contribution in [0.4, 0.5) is 15.3 Å². The summed E-state index contributed by atoms with van der Waals surface area (Å²) in [6.07, 6.45) is -0.728. The maximum Gasteiger partial charge on any atom is 0.426 e. The van der Waals surface area contributed by atoms with E-state index in [9.17, 15) is 9.59 Å². The summed E-state index contributed by atoms with van der Waals surface area (Å²) in [6, 6.07) is 4.24. The first kappa shape index (κ1) is 18.4. The molecule has 122 valence electrons. The lowest BCUT2D eigenvalue weighted by molar-refractivity contribution is 0.149. The molecule has 6 nitrogen and oxygen atoms in total. The molecular formula is C14H19Cl2N3O3. The third-order valence-corrected chi connectivity index (χ3v) is 3.60. The van der Waals surface area contributed by atoms with Gasteiger partial charge in [0.1, 0.15) is 0 Å². The number of rotatable bonds is 4. The standard InChI is InChI=1S/C14H19Cl2N3O3/c1-4-18(5-2)14(21)19(17-13(20)22-6-3)10-7-8-11(15)12(16)9-10/h7-9H,4-6H2,1-3H3,(H,17,20). The highest BCUT2D eigenvalue weighted by atomic mass is 35.5. The van der Waals surface area contributed by atoms with E-state index in [1.807, 2.05) is 13.8 Å². The minimum atomic E-state index is -0.728. The molecule has 1 aromatic rings. The molecule has 0 heterocycles. The molecule has 0 radical (unpaired) electrons. The number of hydrazine groups is 1. The Morgan fingerprint density at radius 2 is 1.77 bits per heavy atom. The largest absolute Gasteiger partial charge is 0.449 e. The fourth-order valence-corrected chi connectivity index (χ4v) is 2.03. The van der Waals surface area contributed by atoms with Gasteiger partial charge in [0.2, 0.25) is 0 Å². The summed E-state index contributed by atoms with van der Waals surface area (Å²) >= 11 is 11.9. The van der Waals surface area contributed by atoms with Crippen molar-refractivity contribution in [1.29, 1.82) is 0 Å². The van der Waals surface area contributed by atoms with Gasteiger partial charge in [-0.25, -0.2) is 15.0 Å². The van der Waals surface area contributed by atoms with Crippen molar-refractivity contribution in [3.05, 3.63) is 28.2 Å². The van der Waals surface area contributed by atoms with Gasteiger partial charge in [-0.1, -0.05) is 23.2 Å². The number of nitrogens with one attached hydrogen (secondary N) is 1. The van der Waals surface area contributed by atoms with Crippen LogP contribution in [0, 0.1) is 0 Å². The predicted molar refractivity (Wildman–Crippen MR) is 87.4 cm³/mol. The third-order valence-electron chi connectivity index (χ3n) is 2.87. The summed E-state index contributed by atoms with van der Waals surface area (Å²) in [5.41, 5.74) is 2.80. The Morgan fingerprint density at radius 3 is 2.27 bits per heavy atom. The van der Waals surface area contributed by atoms with Crippen molar-refractivity contribution in [3.63, 3.8) is 0 Å². The zero-order valence-electron chi connectivity index (χ0n) is 12.7. The molecule has 0 aliphatic heterocycles. The van der Waals surface area contributed by atoms with Gasteiger partial charge >= 0.3 is 12.1 Å². The Kier molecular flexibility index (Phi) is 7.27. The zero-order chi connectivity index (χ0) is 16.7. The number of anilines is 1. The number of hydrogen-bond donors (Lipinski definition) is 1. The summed E-state index contributed by atoms with van der Waals surface area (Å²) in [5.74, 6) is 0. The van der Waals surface area contributed by atoms with E-state index in [2.05, 4.69) is 5.43 Å². The van der Waals surface area contributed by atoms with E-state index < -0.39 is 12.1 Å². The maximum absolute atomic E-state index is 12.5. The van der Waals surface area contributed by atoms with Gasteiger partial charge in [-0.3, -0.25) is 0 Å². The van der Waals surface area contributed by atoms with E-state index in [-0.39, 0.29) is 11.6 Å². The number of halogens is 2. The van der Waals surface area contributed by atoms with Crippen molar-refractivity contribution in [2.75, 3.05) is 24.7 Å². The number of ether oxygens (including phenoxy) is 1. The Balaban J connectivity index is 3.11. The van der Waals surface area contributed by atoms with Gasteiger partial charge in [0.05, 0.1) is 22.3 Å². The highest BCUT2D eigenvalue weighted by Gasteiger charge is 2.23. The van der Waals surface area contributed by atoms with Crippen LogP contribution < -0.4 is 10.4 Å². The van der Waals surface area contributed by atoms with Crippen LogP contribution >= 0.6 is 23.2 Å². The first-order valence-corrected chi connectivity index (χ1v) is 7.67. The van der Waals surface area contributed by atoms with Crippen molar-refractivity contribution in [1.82, 2.24) is 10.3 Å². The maximum atomic E-state index is 12.5. The monoisotopic (exact) mass is 347 g/mol. The lowest BCUT2D eigenvalue weighted by Gasteiger charge is -2.29. The Hall–Kier alpha value is -1.66. The van der Waals surface area contributed by atoms with Crippen LogP contribution in [-0.4, -0.2) is 36.7 Å². The second kappa shape index (κ2) is 8.70. The van der Waals surface area contributed by atoms with Gasteiger partial charge in [0, 0.05) is 13.1 Å². The predicted octanol–water partition coefficient (Wildman–Crippen LogP) is 3.92. The first-order chi connectivity index (χ1) is 10.4. The molecule has 0 aliphatic rings. The van der Waals surface area contributed by atoms with Crippen LogP contribution in [0.3, 0.4) is 0 Å². The number of carbonyl (C=O) groups excluding carboxylic acids is 2. The van der Waals surface area contributed by atoms with E-state index in [0.717, 1.165) is 5.01 Å². The molecule has 0 fully saturated rings. The molecular weight excluding hydrogens is 329 g/mol. The number of benzene rings is 1. The van der Waals surface area contributed by atoms with E-state index in [0.29, 0.717) is 23.8 Å². The number of nitrogens with zero attached hydrogens (tertiary/aromatic N) is 2. The minimum Gasteiger partial charge on any atom is -0.449 e. The summed E-state index contributed by atoms with van der Waals surface area (Å²) < 4.78 is 4.82. The highest BCUT2D eigenvalue weighted by Crippen LogP contribution is 2.27. The fraction of sp³-hybridized carbons (Fsp3) is 0.429. The number of amides is 3. The molecule has 0 bridgehead atoms. The molecule has 0 unspecified atom stereocenters. The number of urea groups is 1. The Labute approximate surface area is 139 Å². The van der Waals surface area contributed by atoms with Crippen LogP contribution in [0.5, 0.6) is 0 Å². The molecule has 1 rings (SSSR count). The second-order valence-electron chi connectivity index (χ2n) is 4.22. The van der Waals surface area contributed by atoms with Gasteiger partial charge in [-0.05, 0) is 39.0 Å². The first-order valence-electron chi connectivity index (χ1n) is 6.92. The average molecular weight is 348 g/mol. The lowest BCUT2D eigenvalue weighted by atomic mass is 10.3. The molecule has 3 amide bonds. The van der Waals surface area contributed by atoms with Gasteiger partial charge in [-0.2, -0.15) is 5.01 Å². The second-order valence-corrected chi connectivity index (χ2v) is 5.04. The van der Waals surface area contributed by atoms with Gasteiger partial charge in [0.25, 0.3) is 0 Å². The number of carbonyl (C=O) groups is 2. The van der Waals surface area contributed by atoms with Crippen molar-refractivity contribution in [3.8, 4) is 0 Å². The SMILES string of the molecule is CCOC(=O)NN(C(=O)N(CC)CC)c1ccc(Cl)c(Cl)c1. The zero-order valence-corrected chi connectivity index (χ0v) is 14.2. The molecule has 0 atom stereocenters. The normalized spacial score (nSPS) is 10.0. The van der Waals surface area contributed by atoms with Crippen molar-refractivity contribution >= 4 is 41.0 Å². The van der Waals surface area contributed by atoms with Crippen LogP contribution in [0.15, 0.2) is 18.2 Å². The minimum absolute atomic E-state index is 0.195. The molecule has 1 N–H and O–H groups in total. The molecule has 1 aromatic carbocycles. The Bertz CT molecular complexity index is 536. The van der Waals surface area contributed by atoms with Crippen LogP contribution in [0.1, 0.15) is 20.8 Å². The van der Waals surface area contributed by atoms with E-state index >= 15 is 0 Å². The summed E-state index contributed by atoms with van der Waals surface area (Å²) in [6.45, 7) is 6.56. The Morgan fingerprint density at radius 1 is 1.14 bits per heavy atom. The van der Waals surface area contributed by atoms with Crippen molar-refractivity contribution < 1.29 is 14.3 Å². The van der Waals surface area contributed by atoms with Crippen LogP contribution in [-0.2, 0) is 4.74 Å². The number of hydrogen-bond acceptors (Lipinski definition) is 3. The summed E-state index contributed by atoms with van der Waals surface area (Å²) in [4.78, 5) is 25.8. The van der Waals surface area contributed by atoms with Crippen LogP contribution in [0.25, 0.3) is 0 Å². The fourth-order valence-electron chi connectivity index (χ4n) is 1.74. The molecule has 0 spiro atoms. The van der Waals surface area contributed by atoms with Gasteiger partial charge in [0.15, 0.2) is 0 Å². The van der Waals surface area contributed by atoms with E-state index in [1.165, 1.54) is 6.07 Å². The topological polar surface area (TPSA) is 61.9 Å². The quantitative estimate of drug-likeness (QED) is 0.839. The summed E-state index contributed by atoms with van der Waals surface area (Å²) in [5, 5.41) is 1.73. The molecule has 0 aromatic heterocycles. The highest BCUT2D eigenvalue weighted by molar-refractivity contribution is 6.42. The van der Waals surface area contributed by atoms with Crippen molar-refractivity contribution in [2.45, 2.75) is 20.8 Å². The smallest absolute Gasteiger partial charge is 0.426 e. The average Bonchev–Trinajstić information content (AvgIpc) is 2.49. The van der Waals surface area contributed by atoms with Crippen molar-refractivity contribution in [2.24, 2.45) is 0 Å². The summed E-state index contributed by atoms with van der Waals surface area (Å²) in [7, 11) is 0. The molecule has 0 saturated heterocycles. The molecule has 0 aliphatic carbocycles. The molecule has 22 heavy (non-hydrogen) atoms. The third kappa shape index (κ3) is 4.68. The molecule has 8 heteroatoms. The van der Waals surface area contributed by atoms with Crippen LogP contribution in [0.2, 0.25) is 10.0 Å². The van der Waals surface area contributed by atoms with Gasteiger partial charge in [-0.15, -0.1) is 0 Å². The van der Waals surface area contributed by atoms with Gasteiger partial charge < -0.3 is 9.64 Å². The lowest BCUT2D eigenvalue weighted by Crippen LogP contribution is -2.52. The molecule has 0 saturated carbocycles. The van der Waals surface area contributed by atoms with E-state index in [4.69, 9.17) is 27.9 Å². The van der Waals surface area contributed by atoms with E-state index in [1.54, 1.807) is 24.0 Å².